The minimum absolute atomic E-state index is 0.115. The highest BCUT2D eigenvalue weighted by atomic mass is 33.1. The molecule has 0 aliphatic heterocycles. The Morgan fingerprint density at radius 2 is 1.37 bits per heavy atom. The standard InChI is InChI=1S/C23H28N4O6S2/c1-33-23(32)19(15-35-34-14-18(24)22(30)31)27(12-6-20(28)16-2-8-25-9-3-16)13-7-21(29)17-4-10-26-11-5-17/h2-5,8-11,18-19H,6-7,12-15,24H2,1H3,(H,30,31)/t18?,19-/m0/s1. The van der Waals surface area contributed by atoms with Crippen molar-refractivity contribution in [3.63, 3.8) is 0 Å². The van der Waals surface area contributed by atoms with E-state index >= 15 is 0 Å². The van der Waals surface area contributed by atoms with Gasteiger partial charge in [0.1, 0.15) is 12.1 Å². The average molecular weight is 521 g/mol. The second-order valence-corrected chi connectivity index (χ2v) is 9.96. The lowest BCUT2D eigenvalue weighted by Gasteiger charge is -2.29. The number of carboxylic acids is 1. The van der Waals surface area contributed by atoms with Gasteiger partial charge >= 0.3 is 11.9 Å². The van der Waals surface area contributed by atoms with Crippen molar-refractivity contribution in [1.29, 1.82) is 0 Å². The van der Waals surface area contributed by atoms with Crippen LogP contribution in [-0.4, -0.2) is 87.3 Å². The maximum Gasteiger partial charge on any atom is 0.323 e. The highest BCUT2D eigenvalue weighted by Crippen LogP contribution is 2.25. The first-order valence-corrected chi connectivity index (χ1v) is 13.2. The van der Waals surface area contributed by atoms with E-state index in [4.69, 9.17) is 15.6 Å². The van der Waals surface area contributed by atoms with Crippen LogP contribution in [0.2, 0.25) is 0 Å². The number of carbonyl (C=O) groups is 4. The van der Waals surface area contributed by atoms with Gasteiger partial charge in [-0.3, -0.25) is 34.0 Å². The van der Waals surface area contributed by atoms with Crippen molar-refractivity contribution in [1.82, 2.24) is 14.9 Å². The molecule has 10 nitrogen and oxygen atoms in total. The molecule has 2 rings (SSSR count). The van der Waals surface area contributed by atoms with Crippen LogP contribution in [0.15, 0.2) is 49.1 Å². The minimum atomic E-state index is -1.10. The molecule has 2 aromatic rings. The lowest BCUT2D eigenvalue weighted by molar-refractivity contribution is -0.146. The molecular weight excluding hydrogens is 492 g/mol. The van der Waals surface area contributed by atoms with Gasteiger partial charge in [-0.05, 0) is 24.3 Å². The molecule has 2 heterocycles. The van der Waals surface area contributed by atoms with Crippen LogP contribution in [0.1, 0.15) is 33.6 Å². The van der Waals surface area contributed by atoms with Crippen LogP contribution < -0.4 is 5.73 Å². The number of aliphatic carboxylic acids is 1. The molecule has 2 aromatic heterocycles. The number of Topliss-reactive ketones (excluding diaryl/α,β-unsaturated/α-hetero) is 2. The Morgan fingerprint density at radius 3 is 1.80 bits per heavy atom. The zero-order valence-electron chi connectivity index (χ0n) is 19.2. The van der Waals surface area contributed by atoms with E-state index in [0.717, 1.165) is 0 Å². The summed E-state index contributed by atoms with van der Waals surface area (Å²) < 4.78 is 4.98. The smallest absolute Gasteiger partial charge is 0.323 e. The maximum atomic E-state index is 12.6. The summed E-state index contributed by atoms with van der Waals surface area (Å²) in [4.78, 5) is 58.4. The Hall–Kier alpha value is -2.80. The fraction of sp³-hybridized carbons (Fsp3) is 0.391. The van der Waals surface area contributed by atoms with Gasteiger partial charge in [0.2, 0.25) is 0 Å². The molecule has 0 aliphatic rings. The summed E-state index contributed by atoms with van der Waals surface area (Å²) in [5, 5.41) is 8.94. The minimum Gasteiger partial charge on any atom is -0.480 e. The molecule has 2 atom stereocenters. The topological polar surface area (TPSA) is 153 Å². The molecule has 1 unspecified atom stereocenters. The van der Waals surface area contributed by atoms with Crippen molar-refractivity contribution >= 4 is 45.1 Å². The van der Waals surface area contributed by atoms with Crippen molar-refractivity contribution in [3.05, 3.63) is 60.2 Å². The SMILES string of the molecule is COC(=O)[C@H](CSSCC(N)C(=O)O)N(CCC(=O)c1ccncc1)CCC(=O)c1ccncc1. The number of nitrogens with zero attached hydrogens (tertiary/aromatic N) is 3. The normalized spacial score (nSPS) is 12.7. The van der Waals surface area contributed by atoms with E-state index in [-0.39, 0.29) is 49.0 Å². The van der Waals surface area contributed by atoms with E-state index in [1.54, 1.807) is 29.2 Å². The van der Waals surface area contributed by atoms with Crippen LogP contribution in [0.25, 0.3) is 0 Å². The lowest BCUT2D eigenvalue weighted by Crippen LogP contribution is -2.45. The molecule has 0 aromatic carbocycles. The summed E-state index contributed by atoms with van der Waals surface area (Å²) >= 11 is 0. The number of aromatic nitrogens is 2. The van der Waals surface area contributed by atoms with Crippen molar-refractivity contribution < 1.29 is 29.0 Å². The molecule has 0 fully saturated rings. The molecular formula is C23H28N4O6S2. The molecule has 3 N–H and O–H groups in total. The predicted octanol–water partition coefficient (Wildman–Crippen LogP) is 1.96. The summed E-state index contributed by atoms with van der Waals surface area (Å²) in [6.07, 6.45) is 6.39. The number of carbonyl (C=O) groups excluding carboxylic acids is 3. The molecule has 0 radical (unpaired) electrons. The second kappa shape index (κ2) is 15.2. The summed E-state index contributed by atoms with van der Waals surface area (Å²) in [6, 6.07) is 4.72. The number of esters is 1. The quantitative estimate of drug-likeness (QED) is 0.144. The van der Waals surface area contributed by atoms with Gasteiger partial charge in [0, 0.05) is 73.4 Å². The van der Waals surface area contributed by atoms with Crippen LogP contribution in [0.5, 0.6) is 0 Å². The molecule has 0 spiro atoms. The first kappa shape index (κ1) is 28.4. The summed E-state index contributed by atoms with van der Waals surface area (Å²) in [5.41, 5.74) is 6.55. The number of carboxylic acid groups (broad SMARTS) is 1. The number of ether oxygens (including phenoxy) is 1. The molecule has 35 heavy (non-hydrogen) atoms. The molecule has 0 saturated carbocycles. The van der Waals surface area contributed by atoms with Crippen molar-refractivity contribution in [3.8, 4) is 0 Å². The summed E-state index contributed by atoms with van der Waals surface area (Å²) in [6.45, 7) is 0.453. The van der Waals surface area contributed by atoms with E-state index in [1.165, 1.54) is 53.5 Å². The third-order valence-corrected chi connectivity index (χ3v) is 7.48. The molecule has 188 valence electrons. The first-order chi connectivity index (χ1) is 16.8. The number of hydrogen-bond acceptors (Lipinski definition) is 11. The number of methoxy groups -OCH3 is 1. The molecule has 0 aliphatic carbocycles. The number of nitrogens with two attached hydrogens (primary N) is 1. The molecule has 12 heteroatoms. The van der Waals surface area contributed by atoms with Crippen LogP contribution in [0, 0.1) is 0 Å². The van der Waals surface area contributed by atoms with Gasteiger partial charge in [0.25, 0.3) is 0 Å². The summed E-state index contributed by atoms with van der Waals surface area (Å²) in [5.74, 6) is -1.42. The zero-order valence-corrected chi connectivity index (χ0v) is 20.9. The van der Waals surface area contributed by atoms with Crippen molar-refractivity contribution in [2.45, 2.75) is 24.9 Å². The fourth-order valence-electron chi connectivity index (χ4n) is 3.04. The number of pyridine rings is 2. The Labute approximate surface area is 211 Å². The van der Waals surface area contributed by atoms with Crippen LogP contribution in [-0.2, 0) is 14.3 Å². The van der Waals surface area contributed by atoms with Crippen LogP contribution in [0.4, 0.5) is 0 Å². The highest BCUT2D eigenvalue weighted by Gasteiger charge is 2.28. The Balaban J connectivity index is 2.10. The zero-order chi connectivity index (χ0) is 25.6. The third kappa shape index (κ3) is 9.76. The first-order valence-electron chi connectivity index (χ1n) is 10.7. The number of hydrogen-bond donors (Lipinski definition) is 2. The van der Waals surface area contributed by atoms with E-state index in [1.807, 2.05) is 0 Å². The average Bonchev–Trinajstić information content (AvgIpc) is 2.89. The lowest BCUT2D eigenvalue weighted by atomic mass is 10.1. The highest BCUT2D eigenvalue weighted by molar-refractivity contribution is 8.76. The molecule has 0 amide bonds. The Morgan fingerprint density at radius 1 is 0.914 bits per heavy atom. The second-order valence-electron chi connectivity index (χ2n) is 7.41. The number of ketones is 2. The third-order valence-electron chi connectivity index (χ3n) is 5.04. The maximum absolute atomic E-state index is 12.6. The largest absolute Gasteiger partial charge is 0.480 e. The van der Waals surface area contributed by atoms with E-state index < -0.39 is 24.0 Å². The Kier molecular flexibility index (Phi) is 12.4. The predicted molar refractivity (Wildman–Crippen MR) is 134 cm³/mol. The monoisotopic (exact) mass is 520 g/mol. The van der Waals surface area contributed by atoms with E-state index in [0.29, 0.717) is 11.1 Å². The van der Waals surface area contributed by atoms with Gasteiger partial charge in [0.15, 0.2) is 11.6 Å². The number of rotatable bonds is 16. The van der Waals surface area contributed by atoms with Gasteiger partial charge in [0.05, 0.1) is 7.11 Å². The van der Waals surface area contributed by atoms with Gasteiger partial charge in [-0.15, -0.1) is 0 Å². The van der Waals surface area contributed by atoms with Crippen LogP contribution in [0.3, 0.4) is 0 Å². The van der Waals surface area contributed by atoms with Crippen LogP contribution >= 0.6 is 21.6 Å². The van der Waals surface area contributed by atoms with Gasteiger partial charge in [-0.2, -0.15) is 0 Å². The fourth-order valence-corrected chi connectivity index (χ4v) is 5.40. The Bertz CT molecular complexity index is 925. The van der Waals surface area contributed by atoms with Gasteiger partial charge < -0.3 is 15.6 Å². The van der Waals surface area contributed by atoms with Gasteiger partial charge in [-0.1, -0.05) is 21.6 Å². The molecule has 0 bridgehead atoms. The van der Waals surface area contributed by atoms with Crippen molar-refractivity contribution in [2.75, 3.05) is 31.7 Å². The summed E-state index contributed by atoms with van der Waals surface area (Å²) in [7, 11) is 3.79. The van der Waals surface area contributed by atoms with E-state index in [2.05, 4.69) is 9.97 Å². The van der Waals surface area contributed by atoms with Crippen molar-refractivity contribution in [2.24, 2.45) is 5.73 Å². The molecule has 0 saturated heterocycles. The van der Waals surface area contributed by atoms with Gasteiger partial charge in [-0.25, -0.2) is 0 Å². The van der Waals surface area contributed by atoms with E-state index in [9.17, 15) is 19.2 Å².